The molecule has 0 radical (unpaired) electrons. The molecule has 1 N–H and O–H groups in total. The number of nitrogens with one attached hydrogen (secondary N) is 1. The first-order chi connectivity index (χ1) is 13.1. The fourth-order valence-electron chi connectivity index (χ4n) is 2.40. The Morgan fingerprint density at radius 2 is 2.07 bits per heavy atom. The summed E-state index contributed by atoms with van der Waals surface area (Å²) < 4.78 is 10.5. The molecule has 0 aliphatic heterocycles. The maximum Gasteiger partial charge on any atom is 0.142 e. The first-order valence-corrected chi connectivity index (χ1v) is 9.21. The van der Waals surface area contributed by atoms with Gasteiger partial charge in [-0.3, -0.25) is 0 Å². The fourth-order valence-corrected chi connectivity index (χ4v) is 3.36. The van der Waals surface area contributed by atoms with Gasteiger partial charge in [-0.15, -0.1) is 11.3 Å². The second-order valence-electron chi connectivity index (χ2n) is 5.43. The second kappa shape index (κ2) is 8.58. The summed E-state index contributed by atoms with van der Waals surface area (Å²) in [5.74, 6) is 1.39. The van der Waals surface area contributed by atoms with Crippen LogP contribution in [0.2, 0.25) is 5.02 Å². The van der Waals surface area contributed by atoms with Crippen LogP contribution in [0.15, 0.2) is 54.0 Å². The van der Waals surface area contributed by atoms with Crippen LogP contribution in [0.25, 0.3) is 16.8 Å². The molecular weight excluding hydrogens is 382 g/mol. The number of nitrogens with zero attached hydrogens (tertiary/aromatic N) is 2. The topological polar surface area (TPSA) is 67.2 Å². The van der Waals surface area contributed by atoms with Crippen molar-refractivity contribution in [1.29, 1.82) is 5.26 Å². The SMILES string of the molecule is COc1cccc(-c2csc(C(C#N)=CNc3cc(Cl)ccc3OC)n2)c1. The van der Waals surface area contributed by atoms with Gasteiger partial charge in [-0.1, -0.05) is 23.7 Å². The van der Waals surface area contributed by atoms with E-state index in [1.807, 2.05) is 29.6 Å². The molecule has 136 valence electrons. The Morgan fingerprint density at radius 3 is 2.81 bits per heavy atom. The van der Waals surface area contributed by atoms with Gasteiger partial charge in [0.15, 0.2) is 0 Å². The number of nitriles is 1. The third-order valence-corrected chi connectivity index (χ3v) is 4.86. The maximum absolute atomic E-state index is 9.53. The summed E-state index contributed by atoms with van der Waals surface area (Å²) in [5, 5.41) is 15.7. The van der Waals surface area contributed by atoms with E-state index in [1.54, 1.807) is 38.6 Å². The largest absolute Gasteiger partial charge is 0.497 e. The van der Waals surface area contributed by atoms with Crippen LogP contribution < -0.4 is 14.8 Å². The van der Waals surface area contributed by atoms with Crippen molar-refractivity contribution >= 4 is 34.2 Å². The van der Waals surface area contributed by atoms with E-state index in [2.05, 4.69) is 16.4 Å². The molecule has 0 unspecified atom stereocenters. The highest BCUT2D eigenvalue weighted by molar-refractivity contribution is 7.11. The number of ether oxygens (including phenoxy) is 2. The Morgan fingerprint density at radius 1 is 1.22 bits per heavy atom. The number of halogens is 1. The molecule has 1 heterocycles. The quantitative estimate of drug-likeness (QED) is 0.559. The Kier molecular flexibility index (Phi) is 5.97. The number of allylic oxidation sites excluding steroid dienone is 1. The molecule has 3 rings (SSSR count). The summed E-state index contributed by atoms with van der Waals surface area (Å²) in [6.45, 7) is 0. The first-order valence-electron chi connectivity index (χ1n) is 7.95. The lowest BCUT2D eigenvalue weighted by Crippen LogP contribution is -1.95. The molecule has 1 aromatic heterocycles. The van der Waals surface area contributed by atoms with Crippen molar-refractivity contribution < 1.29 is 9.47 Å². The molecule has 0 aliphatic carbocycles. The zero-order valence-corrected chi connectivity index (χ0v) is 16.3. The normalized spacial score (nSPS) is 11.0. The van der Waals surface area contributed by atoms with E-state index in [9.17, 15) is 5.26 Å². The summed E-state index contributed by atoms with van der Waals surface area (Å²) >= 11 is 7.43. The molecule has 5 nitrogen and oxygen atoms in total. The van der Waals surface area contributed by atoms with E-state index in [1.165, 1.54) is 11.3 Å². The number of thiazole rings is 1. The Balaban J connectivity index is 1.86. The van der Waals surface area contributed by atoms with E-state index in [0.717, 1.165) is 17.0 Å². The van der Waals surface area contributed by atoms with Gasteiger partial charge >= 0.3 is 0 Å². The lowest BCUT2D eigenvalue weighted by Gasteiger charge is -2.08. The van der Waals surface area contributed by atoms with Crippen molar-refractivity contribution in [3.63, 3.8) is 0 Å². The summed E-state index contributed by atoms with van der Waals surface area (Å²) in [4.78, 5) is 4.57. The highest BCUT2D eigenvalue weighted by Gasteiger charge is 2.10. The second-order valence-corrected chi connectivity index (χ2v) is 6.72. The molecule has 2 aromatic carbocycles. The van der Waals surface area contributed by atoms with Crippen LogP contribution in [-0.4, -0.2) is 19.2 Å². The molecule has 0 spiro atoms. The minimum Gasteiger partial charge on any atom is -0.497 e. The van der Waals surface area contributed by atoms with Gasteiger partial charge in [0, 0.05) is 22.2 Å². The van der Waals surface area contributed by atoms with Crippen molar-refractivity contribution in [2.75, 3.05) is 19.5 Å². The van der Waals surface area contributed by atoms with Gasteiger partial charge in [-0.05, 0) is 30.3 Å². The van der Waals surface area contributed by atoms with E-state index < -0.39 is 0 Å². The molecule has 3 aromatic rings. The molecule has 0 atom stereocenters. The van der Waals surface area contributed by atoms with Crippen LogP contribution in [-0.2, 0) is 0 Å². The van der Waals surface area contributed by atoms with Crippen LogP contribution in [0.4, 0.5) is 5.69 Å². The molecule has 0 fully saturated rings. The number of hydrogen-bond donors (Lipinski definition) is 1. The lowest BCUT2D eigenvalue weighted by atomic mass is 10.1. The number of methoxy groups -OCH3 is 2. The standard InChI is InChI=1S/C20H16ClN3O2S/c1-25-16-5-3-4-13(8-16)18-12-27-20(24-18)14(10-22)11-23-17-9-15(21)6-7-19(17)26-2/h3-9,11-12,23H,1-2H3. The Labute approximate surface area is 166 Å². The molecule has 0 amide bonds. The predicted octanol–water partition coefficient (Wildman–Crippen LogP) is 5.46. The van der Waals surface area contributed by atoms with Gasteiger partial charge in [0.1, 0.15) is 28.1 Å². The zero-order valence-electron chi connectivity index (χ0n) is 14.7. The maximum atomic E-state index is 9.53. The molecule has 7 heteroatoms. The highest BCUT2D eigenvalue weighted by Crippen LogP contribution is 2.30. The van der Waals surface area contributed by atoms with Crippen molar-refractivity contribution in [2.45, 2.75) is 0 Å². The van der Waals surface area contributed by atoms with Crippen LogP contribution in [0, 0.1) is 11.3 Å². The average Bonchev–Trinajstić information content (AvgIpc) is 3.19. The third kappa shape index (κ3) is 4.40. The molecule has 0 saturated carbocycles. The monoisotopic (exact) mass is 397 g/mol. The van der Waals surface area contributed by atoms with Gasteiger partial charge in [0.2, 0.25) is 0 Å². The first kappa shape index (κ1) is 18.8. The minimum absolute atomic E-state index is 0.413. The number of anilines is 1. The van der Waals surface area contributed by atoms with Gasteiger partial charge in [0.25, 0.3) is 0 Å². The van der Waals surface area contributed by atoms with Crippen molar-refractivity contribution in [2.24, 2.45) is 0 Å². The predicted molar refractivity (Wildman–Crippen MR) is 109 cm³/mol. The Hall–Kier alpha value is -3.01. The van der Waals surface area contributed by atoms with Crippen molar-refractivity contribution in [1.82, 2.24) is 4.98 Å². The van der Waals surface area contributed by atoms with Gasteiger partial charge < -0.3 is 14.8 Å². The molecule has 0 saturated heterocycles. The van der Waals surface area contributed by atoms with Crippen molar-refractivity contribution in [3.05, 3.63) is 64.1 Å². The average molecular weight is 398 g/mol. The number of hydrogen-bond acceptors (Lipinski definition) is 6. The summed E-state index contributed by atoms with van der Waals surface area (Å²) in [5.41, 5.74) is 2.80. The van der Waals surface area contributed by atoms with E-state index in [4.69, 9.17) is 21.1 Å². The smallest absolute Gasteiger partial charge is 0.142 e. The summed E-state index contributed by atoms with van der Waals surface area (Å²) in [6.07, 6.45) is 1.60. The minimum atomic E-state index is 0.413. The van der Waals surface area contributed by atoms with Crippen LogP contribution in [0.5, 0.6) is 11.5 Å². The van der Waals surface area contributed by atoms with Gasteiger partial charge in [-0.2, -0.15) is 5.26 Å². The van der Waals surface area contributed by atoms with E-state index in [0.29, 0.717) is 27.0 Å². The molecule has 0 bridgehead atoms. The molecular formula is C20H16ClN3O2S. The Bertz CT molecular complexity index is 1020. The van der Waals surface area contributed by atoms with Crippen LogP contribution in [0.3, 0.4) is 0 Å². The molecule has 0 aliphatic rings. The number of rotatable bonds is 6. The summed E-state index contributed by atoms with van der Waals surface area (Å²) in [7, 11) is 3.20. The zero-order chi connectivity index (χ0) is 19.2. The summed E-state index contributed by atoms with van der Waals surface area (Å²) in [6, 6.07) is 15.0. The van der Waals surface area contributed by atoms with E-state index >= 15 is 0 Å². The number of aromatic nitrogens is 1. The third-order valence-electron chi connectivity index (χ3n) is 3.75. The van der Waals surface area contributed by atoms with Crippen LogP contribution >= 0.6 is 22.9 Å². The van der Waals surface area contributed by atoms with Gasteiger partial charge in [-0.25, -0.2) is 4.98 Å². The lowest BCUT2D eigenvalue weighted by molar-refractivity contribution is 0.415. The van der Waals surface area contributed by atoms with Crippen LogP contribution in [0.1, 0.15) is 5.01 Å². The number of benzene rings is 2. The highest BCUT2D eigenvalue weighted by atomic mass is 35.5. The van der Waals surface area contributed by atoms with Crippen molar-refractivity contribution in [3.8, 4) is 28.8 Å². The molecule has 27 heavy (non-hydrogen) atoms. The fraction of sp³-hybridized carbons (Fsp3) is 0.100. The van der Waals surface area contributed by atoms with Gasteiger partial charge in [0.05, 0.1) is 25.6 Å². The van der Waals surface area contributed by atoms with E-state index in [-0.39, 0.29) is 0 Å².